The number of pyridine rings is 1. The summed E-state index contributed by atoms with van der Waals surface area (Å²) in [6.07, 6.45) is 1.39. The first-order valence-electron chi connectivity index (χ1n) is 5.13. The first-order valence-corrected chi connectivity index (χ1v) is 5.93. The Bertz CT molecular complexity index is 499. The molecule has 1 aromatic carbocycles. The molecule has 0 radical (unpaired) electrons. The van der Waals surface area contributed by atoms with E-state index in [2.05, 4.69) is 26.2 Å². The number of nitrogens with zero attached hydrogens (tertiary/aromatic N) is 1. The number of benzene rings is 1. The number of halogens is 1. The highest BCUT2D eigenvalue weighted by Crippen LogP contribution is 2.27. The van der Waals surface area contributed by atoms with Gasteiger partial charge in [-0.2, -0.15) is 0 Å². The molecule has 84 valence electrons. The third kappa shape index (κ3) is 2.33. The summed E-state index contributed by atoms with van der Waals surface area (Å²) in [5, 5.41) is 14.5. The molecule has 0 saturated heterocycles. The fraction of sp³-hybridized carbons (Fsp3) is 0.250. The quantitative estimate of drug-likeness (QED) is 0.909. The van der Waals surface area contributed by atoms with Crippen molar-refractivity contribution in [3.63, 3.8) is 0 Å². The Balaban J connectivity index is 2.42. The number of hydrogen-bond donors (Lipinski definition) is 2. The second-order valence-electron chi connectivity index (χ2n) is 3.73. The van der Waals surface area contributed by atoms with Gasteiger partial charge in [-0.3, -0.25) is 0 Å². The average Bonchev–Trinajstić information content (AvgIpc) is 2.28. The predicted octanol–water partition coefficient (Wildman–Crippen LogP) is 2.79. The lowest BCUT2D eigenvalue weighted by Gasteiger charge is -2.10. The summed E-state index contributed by atoms with van der Waals surface area (Å²) in [4.78, 5) is 4.31. The molecule has 16 heavy (non-hydrogen) atoms. The van der Waals surface area contributed by atoms with E-state index in [1.54, 1.807) is 13.1 Å². The Morgan fingerprint density at radius 3 is 2.75 bits per heavy atom. The van der Waals surface area contributed by atoms with Gasteiger partial charge in [0.25, 0.3) is 0 Å². The molecule has 0 saturated carbocycles. The minimum absolute atomic E-state index is 0.385. The van der Waals surface area contributed by atoms with Gasteiger partial charge in [0.2, 0.25) is 0 Å². The van der Waals surface area contributed by atoms with Gasteiger partial charge < -0.3 is 10.4 Å². The van der Waals surface area contributed by atoms with Gasteiger partial charge in [-0.15, -0.1) is 0 Å². The largest absolute Gasteiger partial charge is 0.392 e. The normalized spacial score (nSPS) is 12.7. The molecule has 1 aromatic heterocycles. The van der Waals surface area contributed by atoms with Crippen LogP contribution >= 0.6 is 15.9 Å². The highest BCUT2D eigenvalue weighted by Gasteiger charge is 2.05. The van der Waals surface area contributed by atoms with Crippen LogP contribution in [0.15, 0.2) is 34.9 Å². The molecular formula is C12H13BrN2O. The zero-order chi connectivity index (χ0) is 11.5. The van der Waals surface area contributed by atoms with E-state index in [0.29, 0.717) is 6.54 Å². The molecular weight excluding hydrogens is 268 g/mol. The minimum Gasteiger partial charge on any atom is -0.392 e. The molecule has 0 aliphatic carbocycles. The molecule has 2 N–H and O–H groups in total. The average molecular weight is 281 g/mol. The number of rotatable bonds is 3. The van der Waals surface area contributed by atoms with Crippen molar-refractivity contribution in [1.29, 1.82) is 0 Å². The Morgan fingerprint density at radius 1 is 1.38 bits per heavy atom. The van der Waals surface area contributed by atoms with Gasteiger partial charge in [0.15, 0.2) is 0 Å². The number of anilines is 1. The lowest BCUT2D eigenvalue weighted by molar-refractivity contribution is 0.208. The first kappa shape index (κ1) is 11.4. The van der Waals surface area contributed by atoms with Crippen molar-refractivity contribution in [2.75, 3.05) is 11.9 Å². The van der Waals surface area contributed by atoms with E-state index < -0.39 is 0 Å². The number of aromatic nitrogens is 1. The molecule has 0 fully saturated rings. The smallest absolute Gasteiger partial charge is 0.133 e. The van der Waals surface area contributed by atoms with Crippen LogP contribution in [0.3, 0.4) is 0 Å². The van der Waals surface area contributed by atoms with Crippen LogP contribution in [0.1, 0.15) is 6.92 Å². The summed E-state index contributed by atoms with van der Waals surface area (Å²) in [5.41, 5.74) is 0. The van der Waals surface area contributed by atoms with Crippen LogP contribution in [-0.4, -0.2) is 22.7 Å². The molecule has 1 unspecified atom stereocenters. The van der Waals surface area contributed by atoms with Crippen molar-refractivity contribution in [1.82, 2.24) is 4.98 Å². The van der Waals surface area contributed by atoms with Crippen molar-refractivity contribution < 1.29 is 5.11 Å². The summed E-state index contributed by atoms with van der Waals surface area (Å²) >= 11 is 3.47. The summed E-state index contributed by atoms with van der Waals surface area (Å²) in [7, 11) is 0. The lowest BCUT2D eigenvalue weighted by atomic mass is 10.1. The molecule has 1 heterocycles. The van der Waals surface area contributed by atoms with E-state index in [0.717, 1.165) is 21.1 Å². The maximum absolute atomic E-state index is 9.24. The van der Waals surface area contributed by atoms with Gasteiger partial charge in [-0.05, 0) is 22.9 Å². The third-order valence-corrected chi connectivity index (χ3v) is 2.94. The van der Waals surface area contributed by atoms with Crippen LogP contribution in [-0.2, 0) is 0 Å². The second kappa shape index (κ2) is 4.80. The van der Waals surface area contributed by atoms with Gasteiger partial charge in [0, 0.05) is 28.0 Å². The molecule has 0 aliphatic heterocycles. The fourth-order valence-corrected chi connectivity index (χ4v) is 1.99. The van der Waals surface area contributed by atoms with E-state index in [9.17, 15) is 5.11 Å². The van der Waals surface area contributed by atoms with Crippen molar-refractivity contribution >= 4 is 32.5 Å². The van der Waals surface area contributed by atoms with Crippen molar-refractivity contribution in [2.24, 2.45) is 0 Å². The van der Waals surface area contributed by atoms with Crippen LogP contribution in [0.5, 0.6) is 0 Å². The second-order valence-corrected chi connectivity index (χ2v) is 4.58. The summed E-state index contributed by atoms with van der Waals surface area (Å²) in [6, 6.07) is 8.02. The molecule has 4 heteroatoms. The van der Waals surface area contributed by atoms with Gasteiger partial charge in [0.1, 0.15) is 5.82 Å². The molecule has 2 aromatic rings. The number of aliphatic hydroxyl groups is 1. The maximum atomic E-state index is 9.24. The van der Waals surface area contributed by atoms with E-state index in [4.69, 9.17) is 0 Å². The highest BCUT2D eigenvalue weighted by molar-refractivity contribution is 9.10. The molecule has 0 bridgehead atoms. The molecule has 3 nitrogen and oxygen atoms in total. The van der Waals surface area contributed by atoms with Crippen molar-refractivity contribution in [3.8, 4) is 0 Å². The van der Waals surface area contributed by atoms with Gasteiger partial charge in [-0.1, -0.05) is 24.3 Å². The summed E-state index contributed by atoms with van der Waals surface area (Å²) in [5.74, 6) is 0.805. The predicted molar refractivity (Wildman–Crippen MR) is 69.6 cm³/mol. The Hall–Kier alpha value is -1.13. The van der Waals surface area contributed by atoms with Crippen molar-refractivity contribution in [2.45, 2.75) is 13.0 Å². The van der Waals surface area contributed by atoms with Crippen LogP contribution < -0.4 is 5.32 Å². The van der Waals surface area contributed by atoms with Crippen LogP contribution in [0.25, 0.3) is 10.8 Å². The Morgan fingerprint density at radius 2 is 2.06 bits per heavy atom. The van der Waals surface area contributed by atoms with Gasteiger partial charge in [0.05, 0.1) is 6.10 Å². The maximum Gasteiger partial charge on any atom is 0.133 e. The number of hydrogen-bond acceptors (Lipinski definition) is 3. The number of aliphatic hydroxyl groups excluding tert-OH is 1. The minimum atomic E-state index is -0.385. The summed E-state index contributed by atoms with van der Waals surface area (Å²) in [6.45, 7) is 2.24. The third-order valence-electron chi connectivity index (χ3n) is 2.31. The highest BCUT2D eigenvalue weighted by atomic mass is 79.9. The molecule has 0 spiro atoms. The molecule has 1 atom stereocenters. The standard InChI is InChI=1S/C12H13BrN2O/c1-8(16)6-14-12-10-5-3-2-4-9(10)11(13)7-15-12/h2-5,7-8,16H,6H2,1H3,(H,14,15). The monoisotopic (exact) mass is 280 g/mol. The molecule has 0 aliphatic rings. The molecule has 0 amide bonds. The first-order chi connectivity index (χ1) is 7.68. The van der Waals surface area contributed by atoms with E-state index in [-0.39, 0.29) is 6.10 Å². The number of fused-ring (bicyclic) bond motifs is 1. The topological polar surface area (TPSA) is 45.1 Å². The number of nitrogens with one attached hydrogen (secondary N) is 1. The van der Waals surface area contributed by atoms with E-state index in [1.807, 2.05) is 24.3 Å². The SMILES string of the molecule is CC(O)CNc1ncc(Br)c2ccccc12. The van der Waals surface area contributed by atoms with Gasteiger partial charge >= 0.3 is 0 Å². The van der Waals surface area contributed by atoms with Crippen LogP contribution in [0.4, 0.5) is 5.82 Å². The van der Waals surface area contributed by atoms with Crippen LogP contribution in [0, 0.1) is 0 Å². The van der Waals surface area contributed by atoms with Gasteiger partial charge in [-0.25, -0.2) is 4.98 Å². The Kier molecular flexibility index (Phi) is 3.41. The van der Waals surface area contributed by atoms with E-state index in [1.165, 1.54) is 0 Å². The zero-order valence-electron chi connectivity index (χ0n) is 8.94. The Labute approximate surface area is 103 Å². The molecule has 2 rings (SSSR count). The van der Waals surface area contributed by atoms with E-state index >= 15 is 0 Å². The van der Waals surface area contributed by atoms with Crippen LogP contribution in [0.2, 0.25) is 0 Å². The fourth-order valence-electron chi connectivity index (χ4n) is 1.54. The lowest BCUT2D eigenvalue weighted by Crippen LogP contribution is -2.16. The van der Waals surface area contributed by atoms with Crippen molar-refractivity contribution in [3.05, 3.63) is 34.9 Å². The summed E-state index contributed by atoms with van der Waals surface area (Å²) < 4.78 is 0.977. The zero-order valence-corrected chi connectivity index (χ0v) is 10.5.